The van der Waals surface area contributed by atoms with Gasteiger partial charge in [0.2, 0.25) is 0 Å². The maximum atomic E-state index is 13.0. The average molecular weight is 333 g/mol. The summed E-state index contributed by atoms with van der Waals surface area (Å²) in [7, 11) is 0. The largest absolute Gasteiger partial charge is 0.371 e. The minimum Gasteiger partial charge on any atom is -0.371 e. The van der Waals surface area contributed by atoms with Crippen LogP contribution in [0, 0.1) is 11.7 Å². The fourth-order valence-electron chi connectivity index (χ4n) is 3.78. The number of nitrogens with zero attached hydrogens (tertiary/aromatic N) is 1. The first kappa shape index (κ1) is 17.1. The molecule has 1 aliphatic carbocycles. The minimum absolute atomic E-state index is 0.0258. The van der Waals surface area contributed by atoms with E-state index in [1.54, 1.807) is 0 Å². The molecule has 4 nitrogen and oxygen atoms in total. The molecule has 1 unspecified atom stereocenters. The molecule has 2 aliphatic rings. The number of halogens is 1. The zero-order valence-corrected chi connectivity index (χ0v) is 14.3. The smallest absolute Gasteiger partial charge is 0.315 e. The van der Waals surface area contributed by atoms with Gasteiger partial charge in [-0.3, -0.25) is 0 Å². The Morgan fingerprint density at radius 2 is 1.79 bits per heavy atom. The molecule has 2 amide bonds. The second-order valence-corrected chi connectivity index (χ2v) is 7.12. The Kier molecular flexibility index (Phi) is 5.94. The van der Waals surface area contributed by atoms with Gasteiger partial charge in [0.15, 0.2) is 0 Å². The fourth-order valence-corrected chi connectivity index (χ4v) is 3.78. The predicted octanol–water partition coefficient (Wildman–Crippen LogP) is 3.67. The van der Waals surface area contributed by atoms with E-state index >= 15 is 0 Å². The van der Waals surface area contributed by atoms with Crippen LogP contribution in [-0.4, -0.2) is 31.7 Å². The lowest BCUT2D eigenvalue weighted by atomic mass is 10.1. The Bertz CT molecular complexity index is 526. The molecular weight excluding hydrogens is 305 g/mol. The SMILES string of the molecule is O=C(NCC1CCN(c2ccc(F)cc2)C1)NC1CCCCCC1. The minimum atomic E-state index is -0.202. The highest BCUT2D eigenvalue weighted by molar-refractivity contribution is 5.74. The normalized spacial score (nSPS) is 22.2. The van der Waals surface area contributed by atoms with Crippen LogP contribution >= 0.6 is 0 Å². The van der Waals surface area contributed by atoms with Gasteiger partial charge in [0, 0.05) is 31.4 Å². The fraction of sp³-hybridized carbons (Fsp3) is 0.632. The van der Waals surface area contributed by atoms with Crippen LogP contribution in [0.5, 0.6) is 0 Å². The quantitative estimate of drug-likeness (QED) is 0.826. The van der Waals surface area contributed by atoms with Gasteiger partial charge >= 0.3 is 6.03 Å². The van der Waals surface area contributed by atoms with E-state index in [1.165, 1.54) is 37.8 Å². The maximum absolute atomic E-state index is 13.0. The highest BCUT2D eigenvalue weighted by Crippen LogP contribution is 2.23. The molecule has 1 saturated carbocycles. The maximum Gasteiger partial charge on any atom is 0.315 e. The summed E-state index contributed by atoms with van der Waals surface area (Å²) >= 11 is 0. The molecule has 3 rings (SSSR count). The molecule has 0 radical (unpaired) electrons. The molecule has 0 spiro atoms. The van der Waals surface area contributed by atoms with Crippen molar-refractivity contribution in [3.05, 3.63) is 30.1 Å². The summed E-state index contributed by atoms with van der Waals surface area (Å²) in [5.41, 5.74) is 1.06. The molecule has 0 aromatic heterocycles. The zero-order chi connectivity index (χ0) is 16.8. The van der Waals surface area contributed by atoms with Crippen molar-refractivity contribution in [3.8, 4) is 0 Å². The Hall–Kier alpha value is -1.78. The predicted molar refractivity (Wildman–Crippen MR) is 94.7 cm³/mol. The van der Waals surface area contributed by atoms with Gasteiger partial charge in [-0.15, -0.1) is 0 Å². The van der Waals surface area contributed by atoms with Gasteiger partial charge in [0.25, 0.3) is 0 Å². The summed E-state index contributed by atoms with van der Waals surface area (Å²) in [6.07, 6.45) is 8.30. The van der Waals surface area contributed by atoms with E-state index in [9.17, 15) is 9.18 Å². The van der Waals surface area contributed by atoms with Gasteiger partial charge in [-0.25, -0.2) is 9.18 Å². The summed E-state index contributed by atoms with van der Waals surface area (Å²) in [6, 6.07) is 6.96. The van der Waals surface area contributed by atoms with E-state index in [0.29, 0.717) is 18.5 Å². The highest BCUT2D eigenvalue weighted by atomic mass is 19.1. The third-order valence-electron chi connectivity index (χ3n) is 5.22. The van der Waals surface area contributed by atoms with E-state index in [2.05, 4.69) is 15.5 Å². The molecule has 1 saturated heterocycles. The number of amides is 2. The van der Waals surface area contributed by atoms with Crippen molar-refractivity contribution >= 4 is 11.7 Å². The van der Waals surface area contributed by atoms with E-state index in [0.717, 1.165) is 38.0 Å². The molecule has 1 atom stereocenters. The zero-order valence-electron chi connectivity index (χ0n) is 14.3. The number of urea groups is 1. The second kappa shape index (κ2) is 8.36. The first-order chi connectivity index (χ1) is 11.7. The standard InChI is InChI=1S/C19H28FN3O/c20-16-7-9-18(10-8-16)23-12-11-15(14-23)13-21-19(24)22-17-5-3-1-2-4-6-17/h7-10,15,17H,1-6,11-14H2,(H2,21,22,24). The van der Waals surface area contributed by atoms with Crippen LogP contribution in [0.4, 0.5) is 14.9 Å². The Morgan fingerprint density at radius 1 is 1.08 bits per heavy atom. The van der Waals surface area contributed by atoms with Gasteiger partial charge < -0.3 is 15.5 Å². The average Bonchev–Trinajstić information content (AvgIpc) is 2.91. The lowest BCUT2D eigenvalue weighted by molar-refractivity contribution is 0.234. The summed E-state index contributed by atoms with van der Waals surface area (Å²) in [6.45, 7) is 2.58. The number of hydrogen-bond acceptors (Lipinski definition) is 2. The number of hydrogen-bond donors (Lipinski definition) is 2. The molecule has 132 valence electrons. The van der Waals surface area contributed by atoms with Gasteiger partial charge in [-0.2, -0.15) is 0 Å². The summed E-state index contributed by atoms with van der Waals surface area (Å²) in [5.74, 6) is 0.251. The van der Waals surface area contributed by atoms with Crippen molar-refractivity contribution in [2.24, 2.45) is 5.92 Å². The van der Waals surface area contributed by atoms with Crippen LogP contribution < -0.4 is 15.5 Å². The van der Waals surface area contributed by atoms with Crippen LogP contribution in [0.2, 0.25) is 0 Å². The molecule has 2 fully saturated rings. The van der Waals surface area contributed by atoms with Crippen molar-refractivity contribution in [1.29, 1.82) is 0 Å². The van der Waals surface area contributed by atoms with E-state index in [1.807, 2.05) is 12.1 Å². The molecule has 0 bridgehead atoms. The monoisotopic (exact) mass is 333 g/mol. The lowest BCUT2D eigenvalue weighted by Gasteiger charge is -2.20. The van der Waals surface area contributed by atoms with Crippen LogP contribution in [0.1, 0.15) is 44.9 Å². The number of rotatable bonds is 4. The first-order valence-corrected chi connectivity index (χ1v) is 9.25. The molecule has 2 N–H and O–H groups in total. The Labute approximate surface area is 143 Å². The number of nitrogens with one attached hydrogen (secondary N) is 2. The van der Waals surface area contributed by atoms with Crippen LogP contribution in [-0.2, 0) is 0 Å². The molecule has 5 heteroatoms. The first-order valence-electron chi connectivity index (χ1n) is 9.25. The van der Waals surface area contributed by atoms with E-state index in [-0.39, 0.29) is 11.8 Å². The van der Waals surface area contributed by atoms with Crippen molar-refractivity contribution in [1.82, 2.24) is 10.6 Å². The number of benzene rings is 1. The molecule has 24 heavy (non-hydrogen) atoms. The van der Waals surface area contributed by atoms with Gasteiger partial charge in [0.05, 0.1) is 0 Å². The summed E-state index contributed by atoms with van der Waals surface area (Å²) < 4.78 is 13.0. The highest BCUT2D eigenvalue weighted by Gasteiger charge is 2.23. The molecule has 1 heterocycles. The van der Waals surface area contributed by atoms with Gasteiger partial charge in [0.1, 0.15) is 5.82 Å². The van der Waals surface area contributed by atoms with Crippen LogP contribution in [0.15, 0.2) is 24.3 Å². The topological polar surface area (TPSA) is 44.4 Å². The molecular formula is C19H28FN3O. The third-order valence-corrected chi connectivity index (χ3v) is 5.22. The van der Waals surface area contributed by atoms with Crippen molar-refractivity contribution in [2.45, 2.75) is 51.0 Å². The second-order valence-electron chi connectivity index (χ2n) is 7.12. The van der Waals surface area contributed by atoms with Crippen molar-refractivity contribution in [3.63, 3.8) is 0 Å². The Morgan fingerprint density at radius 3 is 2.50 bits per heavy atom. The molecule has 1 aromatic carbocycles. The summed E-state index contributed by atoms with van der Waals surface area (Å²) in [4.78, 5) is 14.4. The lowest BCUT2D eigenvalue weighted by Crippen LogP contribution is -2.43. The summed E-state index contributed by atoms with van der Waals surface area (Å²) in [5, 5.41) is 6.16. The number of carbonyl (C=O) groups is 1. The number of carbonyl (C=O) groups excluding carboxylic acids is 1. The molecule has 1 aliphatic heterocycles. The molecule has 1 aromatic rings. The van der Waals surface area contributed by atoms with Crippen LogP contribution in [0.3, 0.4) is 0 Å². The van der Waals surface area contributed by atoms with Gasteiger partial charge in [-0.05, 0) is 49.4 Å². The van der Waals surface area contributed by atoms with E-state index in [4.69, 9.17) is 0 Å². The number of anilines is 1. The third kappa shape index (κ3) is 4.86. The Balaban J connectivity index is 1.39. The van der Waals surface area contributed by atoms with E-state index < -0.39 is 0 Å². The van der Waals surface area contributed by atoms with Gasteiger partial charge in [-0.1, -0.05) is 25.7 Å². The van der Waals surface area contributed by atoms with Crippen molar-refractivity contribution in [2.75, 3.05) is 24.5 Å². The van der Waals surface area contributed by atoms with Crippen molar-refractivity contribution < 1.29 is 9.18 Å². The van der Waals surface area contributed by atoms with Crippen LogP contribution in [0.25, 0.3) is 0 Å².